The summed E-state index contributed by atoms with van der Waals surface area (Å²) in [6, 6.07) is 7.93. The van der Waals surface area contributed by atoms with Crippen LogP contribution in [-0.4, -0.2) is 63.3 Å². The summed E-state index contributed by atoms with van der Waals surface area (Å²) in [4.78, 5) is 20.9. The molecular formula is C18H26N6O. The number of amides is 2. The fourth-order valence-electron chi connectivity index (χ4n) is 3.00. The molecule has 0 saturated carbocycles. The predicted octanol–water partition coefficient (Wildman–Crippen LogP) is 1.44. The van der Waals surface area contributed by atoms with Crippen LogP contribution in [0.3, 0.4) is 0 Å². The lowest BCUT2D eigenvalue weighted by Gasteiger charge is -2.34. The van der Waals surface area contributed by atoms with Gasteiger partial charge in [-0.1, -0.05) is 13.0 Å². The monoisotopic (exact) mass is 342 g/mol. The minimum Gasteiger partial charge on any atom is -0.338 e. The van der Waals surface area contributed by atoms with Crippen molar-refractivity contribution < 1.29 is 4.79 Å². The van der Waals surface area contributed by atoms with Crippen molar-refractivity contribution in [2.75, 3.05) is 32.7 Å². The number of urea groups is 1. The van der Waals surface area contributed by atoms with Crippen LogP contribution in [-0.2, 0) is 13.1 Å². The molecule has 2 aromatic heterocycles. The van der Waals surface area contributed by atoms with E-state index < -0.39 is 0 Å². The fourth-order valence-corrected chi connectivity index (χ4v) is 3.00. The second-order valence-electron chi connectivity index (χ2n) is 6.60. The molecule has 134 valence electrons. The van der Waals surface area contributed by atoms with Gasteiger partial charge < -0.3 is 10.2 Å². The van der Waals surface area contributed by atoms with Crippen LogP contribution in [0, 0.1) is 5.92 Å². The average Bonchev–Trinajstić information content (AvgIpc) is 3.14. The third-order valence-corrected chi connectivity index (χ3v) is 4.43. The van der Waals surface area contributed by atoms with Crippen LogP contribution in [0.15, 0.2) is 42.9 Å². The van der Waals surface area contributed by atoms with Crippen LogP contribution in [0.1, 0.15) is 12.6 Å². The second-order valence-corrected chi connectivity index (χ2v) is 6.60. The van der Waals surface area contributed by atoms with Crippen molar-refractivity contribution in [1.82, 2.24) is 29.9 Å². The summed E-state index contributed by atoms with van der Waals surface area (Å²) in [5.74, 6) is 0.342. The summed E-state index contributed by atoms with van der Waals surface area (Å²) in [6.07, 6.45) is 5.54. The van der Waals surface area contributed by atoms with E-state index in [0.29, 0.717) is 12.5 Å². The maximum absolute atomic E-state index is 12.3. The van der Waals surface area contributed by atoms with Gasteiger partial charge in [-0.05, 0) is 24.1 Å². The van der Waals surface area contributed by atoms with Gasteiger partial charge in [0.05, 0.1) is 5.69 Å². The molecule has 0 aliphatic carbocycles. The van der Waals surface area contributed by atoms with Crippen molar-refractivity contribution in [1.29, 1.82) is 0 Å². The van der Waals surface area contributed by atoms with E-state index in [0.717, 1.165) is 45.0 Å². The van der Waals surface area contributed by atoms with E-state index in [9.17, 15) is 4.79 Å². The molecule has 2 aromatic rings. The number of rotatable bonds is 6. The Hall–Kier alpha value is -2.41. The first-order valence-electron chi connectivity index (χ1n) is 8.83. The van der Waals surface area contributed by atoms with Crippen molar-refractivity contribution in [3.8, 4) is 0 Å². The Bertz CT molecular complexity index is 637. The van der Waals surface area contributed by atoms with E-state index in [2.05, 4.69) is 27.2 Å². The number of carbonyl (C=O) groups excluding carboxylic acids is 1. The molecule has 2 amide bonds. The smallest absolute Gasteiger partial charge is 0.317 e. The molecular weight excluding hydrogens is 316 g/mol. The van der Waals surface area contributed by atoms with Crippen LogP contribution in [0.2, 0.25) is 0 Å². The summed E-state index contributed by atoms with van der Waals surface area (Å²) in [5.41, 5.74) is 1.08. The largest absolute Gasteiger partial charge is 0.338 e. The number of piperazine rings is 1. The first-order valence-corrected chi connectivity index (χ1v) is 8.83. The minimum absolute atomic E-state index is 0.0322. The molecule has 0 spiro atoms. The van der Waals surface area contributed by atoms with Gasteiger partial charge in [0.1, 0.15) is 0 Å². The van der Waals surface area contributed by atoms with Crippen LogP contribution in [0.25, 0.3) is 0 Å². The second kappa shape index (κ2) is 8.62. The highest BCUT2D eigenvalue weighted by molar-refractivity contribution is 5.74. The van der Waals surface area contributed by atoms with Gasteiger partial charge in [-0.3, -0.25) is 14.6 Å². The van der Waals surface area contributed by atoms with Crippen LogP contribution < -0.4 is 5.32 Å². The van der Waals surface area contributed by atoms with Crippen molar-refractivity contribution in [2.24, 2.45) is 5.92 Å². The SMILES string of the molecule is C[C@@H](CNC(=O)N1CCN(Cc2ccccn2)CC1)Cn1cccn1. The summed E-state index contributed by atoms with van der Waals surface area (Å²) in [7, 11) is 0. The fraction of sp³-hybridized carbons (Fsp3) is 0.500. The lowest BCUT2D eigenvalue weighted by Crippen LogP contribution is -2.52. The van der Waals surface area contributed by atoms with Gasteiger partial charge in [-0.25, -0.2) is 4.79 Å². The van der Waals surface area contributed by atoms with Gasteiger partial charge in [0.15, 0.2) is 0 Å². The molecule has 0 aromatic carbocycles. The lowest BCUT2D eigenvalue weighted by molar-refractivity contribution is 0.133. The van der Waals surface area contributed by atoms with Crippen molar-refractivity contribution in [3.63, 3.8) is 0 Å². The summed E-state index contributed by atoms with van der Waals surface area (Å²) in [5, 5.41) is 7.24. The Kier molecular flexibility index (Phi) is 6.00. The quantitative estimate of drug-likeness (QED) is 0.863. The number of nitrogens with one attached hydrogen (secondary N) is 1. The van der Waals surface area contributed by atoms with Gasteiger partial charge in [-0.2, -0.15) is 5.10 Å². The number of hydrogen-bond donors (Lipinski definition) is 1. The molecule has 7 nitrogen and oxygen atoms in total. The zero-order valence-corrected chi connectivity index (χ0v) is 14.7. The molecule has 3 heterocycles. The van der Waals surface area contributed by atoms with Crippen LogP contribution >= 0.6 is 0 Å². The van der Waals surface area contributed by atoms with E-state index in [4.69, 9.17) is 0 Å². The number of hydrogen-bond acceptors (Lipinski definition) is 4. The molecule has 7 heteroatoms. The standard InChI is InChI=1S/C18H26N6O/c1-16(14-24-8-4-7-21-24)13-20-18(25)23-11-9-22(10-12-23)15-17-5-2-3-6-19-17/h2-8,16H,9-15H2,1H3,(H,20,25)/t16-/m0/s1. The Morgan fingerprint density at radius 3 is 2.72 bits per heavy atom. The van der Waals surface area contributed by atoms with Gasteiger partial charge >= 0.3 is 6.03 Å². The number of pyridine rings is 1. The van der Waals surface area contributed by atoms with Crippen molar-refractivity contribution >= 4 is 6.03 Å². The van der Waals surface area contributed by atoms with Gasteiger partial charge in [0.2, 0.25) is 0 Å². The number of carbonyl (C=O) groups is 1. The van der Waals surface area contributed by atoms with E-state index in [1.165, 1.54) is 0 Å². The third kappa shape index (κ3) is 5.29. The maximum Gasteiger partial charge on any atom is 0.317 e. The highest BCUT2D eigenvalue weighted by Crippen LogP contribution is 2.07. The average molecular weight is 342 g/mol. The van der Waals surface area contributed by atoms with Crippen molar-refractivity contribution in [2.45, 2.75) is 20.0 Å². The van der Waals surface area contributed by atoms with E-state index >= 15 is 0 Å². The molecule has 1 aliphatic heterocycles. The first-order chi connectivity index (χ1) is 12.2. The Labute approximate surface area is 148 Å². The highest BCUT2D eigenvalue weighted by atomic mass is 16.2. The van der Waals surface area contributed by atoms with Gasteiger partial charge in [0, 0.05) is 64.4 Å². The van der Waals surface area contributed by atoms with E-state index in [1.807, 2.05) is 46.2 Å². The van der Waals surface area contributed by atoms with Gasteiger partial charge in [0.25, 0.3) is 0 Å². The van der Waals surface area contributed by atoms with E-state index in [1.54, 1.807) is 6.20 Å². The van der Waals surface area contributed by atoms with E-state index in [-0.39, 0.29) is 6.03 Å². The molecule has 0 bridgehead atoms. The van der Waals surface area contributed by atoms with Crippen LogP contribution in [0.4, 0.5) is 4.79 Å². The molecule has 0 unspecified atom stereocenters. The minimum atomic E-state index is 0.0322. The zero-order chi connectivity index (χ0) is 17.5. The van der Waals surface area contributed by atoms with Crippen LogP contribution in [0.5, 0.6) is 0 Å². The molecule has 1 aliphatic rings. The predicted molar refractivity (Wildman–Crippen MR) is 95.9 cm³/mol. The maximum atomic E-state index is 12.3. The summed E-state index contributed by atoms with van der Waals surface area (Å²) >= 11 is 0. The zero-order valence-electron chi connectivity index (χ0n) is 14.7. The Balaban J connectivity index is 1.36. The number of nitrogens with zero attached hydrogens (tertiary/aromatic N) is 5. The third-order valence-electron chi connectivity index (χ3n) is 4.43. The normalized spacial score (nSPS) is 16.6. The summed E-state index contributed by atoms with van der Waals surface area (Å²) in [6.45, 7) is 7.71. The topological polar surface area (TPSA) is 66.3 Å². The Morgan fingerprint density at radius 1 is 1.20 bits per heavy atom. The van der Waals surface area contributed by atoms with Crippen molar-refractivity contribution in [3.05, 3.63) is 48.5 Å². The highest BCUT2D eigenvalue weighted by Gasteiger charge is 2.21. The molecule has 1 saturated heterocycles. The first kappa shape index (κ1) is 17.4. The Morgan fingerprint density at radius 2 is 2.04 bits per heavy atom. The lowest BCUT2D eigenvalue weighted by atomic mass is 10.2. The molecule has 25 heavy (non-hydrogen) atoms. The molecule has 1 N–H and O–H groups in total. The molecule has 1 fully saturated rings. The number of aromatic nitrogens is 3. The summed E-state index contributed by atoms with van der Waals surface area (Å²) < 4.78 is 1.90. The molecule has 0 radical (unpaired) electrons. The molecule has 3 rings (SSSR count). The molecule has 1 atom stereocenters. The van der Waals surface area contributed by atoms with Gasteiger partial charge in [-0.15, -0.1) is 0 Å².